The number of aromatic nitrogens is 3. The summed E-state index contributed by atoms with van der Waals surface area (Å²) in [6.07, 6.45) is 2.81. The summed E-state index contributed by atoms with van der Waals surface area (Å²) in [6, 6.07) is 5.87. The Bertz CT molecular complexity index is 809. The quantitative estimate of drug-likeness (QED) is 0.905. The van der Waals surface area contributed by atoms with Gasteiger partial charge in [-0.25, -0.2) is 4.98 Å². The highest BCUT2D eigenvalue weighted by molar-refractivity contribution is 5.87. The fraction of sp³-hybridized carbons (Fsp3) is 0.500. The molecule has 0 saturated carbocycles. The maximum atomic E-state index is 11.1. The lowest BCUT2D eigenvalue weighted by molar-refractivity contribution is -0.114. The molecule has 0 fully saturated rings. The molecule has 2 heterocycles. The molecule has 0 spiro atoms. The summed E-state index contributed by atoms with van der Waals surface area (Å²) in [7, 11) is 0. The molecular weight excluding hydrogens is 312 g/mol. The van der Waals surface area contributed by atoms with Crippen LogP contribution in [0.15, 0.2) is 24.4 Å². The van der Waals surface area contributed by atoms with Crippen LogP contribution in [0, 0.1) is 5.41 Å². The van der Waals surface area contributed by atoms with Crippen molar-refractivity contribution in [2.75, 3.05) is 5.32 Å². The van der Waals surface area contributed by atoms with Crippen molar-refractivity contribution in [3.8, 4) is 11.3 Å². The molecule has 132 valence electrons. The number of fused-ring (bicyclic) bond motifs is 1. The molecule has 0 bridgehead atoms. The van der Waals surface area contributed by atoms with E-state index in [-0.39, 0.29) is 16.7 Å². The Labute approximate surface area is 149 Å². The van der Waals surface area contributed by atoms with Crippen LogP contribution >= 0.6 is 0 Å². The monoisotopic (exact) mass is 338 g/mol. The Morgan fingerprint density at radius 3 is 2.48 bits per heavy atom. The fourth-order valence-corrected chi connectivity index (χ4v) is 3.96. The van der Waals surface area contributed by atoms with E-state index in [9.17, 15) is 4.79 Å². The van der Waals surface area contributed by atoms with E-state index in [0.717, 1.165) is 23.4 Å². The minimum absolute atomic E-state index is 0.0119. The van der Waals surface area contributed by atoms with Crippen LogP contribution in [-0.4, -0.2) is 21.1 Å². The molecule has 0 saturated heterocycles. The van der Waals surface area contributed by atoms with Crippen LogP contribution in [0.3, 0.4) is 0 Å². The van der Waals surface area contributed by atoms with Crippen LogP contribution in [0.5, 0.6) is 0 Å². The molecule has 2 aromatic heterocycles. The topological polar surface area (TPSA) is 67.8 Å². The first-order chi connectivity index (χ1) is 11.7. The van der Waals surface area contributed by atoms with Gasteiger partial charge in [0.05, 0.1) is 11.4 Å². The van der Waals surface area contributed by atoms with Crippen molar-refractivity contribution in [3.05, 3.63) is 35.7 Å². The van der Waals surface area contributed by atoms with E-state index < -0.39 is 0 Å². The Hall–Kier alpha value is -2.30. The van der Waals surface area contributed by atoms with Gasteiger partial charge in [-0.3, -0.25) is 4.79 Å². The number of nitrogens with one attached hydrogen (secondary N) is 1. The van der Waals surface area contributed by atoms with E-state index in [0.29, 0.717) is 11.7 Å². The lowest BCUT2D eigenvalue weighted by Gasteiger charge is -2.38. The number of hydrogen-bond acceptors (Lipinski definition) is 4. The average molecular weight is 338 g/mol. The van der Waals surface area contributed by atoms with Gasteiger partial charge in [0.1, 0.15) is 5.82 Å². The number of amides is 1. The number of rotatable bonds is 3. The summed E-state index contributed by atoms with van der Waals surface area (Å²) in [5.74, 6) is 0.866. The second kappa shape index (κ2) is 5.90. The smallest absolute Gasteiger partial charge is 0.222 e. The number of carbonyl (C=O) groups is 1. The molecule has 1 N–H and O–H groups in total. The molecule has 2 aromatic rings. The number of anilines is 1. The van der Waals surface area contributed by atoms with Gasteiger partial charge in [0.2, 0.25) is 5.91 Å². The molecule has 25 heavy (non-hydrogen) atoms. The molecule has 3 rings (SSSR count). The van der Waals surface area contributed by atoms with Crippen LogP contribution in [0.25, 0.3) is 11.3 Å². The highest BCUT2D eigenvalue weighted by Crippen LogP contribution is 2.58. The molecule has 0 aromatic carbocycles. The van der Waals surface area contributed by atoms with E-state index in [1.807, 2.05) is 6.07 Å². The van der Waals surface area contributed by atoms with Gasteiger partial charge in [0.25, 0.3) is 0 Å². The first kappa shape index (κ1) is 17.5. The SMILES string of the molecule is CC[C@H]1c2cc(-c3ccc(NC(C)=O)nc3)nnc2C(C)(C)C1(C)C. The van der Waals surface area contributed by atoms with Crippen molar-refractivity contribution >= 4 is 11.7 Å². The predicted molar refractivity (Wildman–Crippen MR) is 99.4 cm³/mol. The van der Waals surface area contributed by atoms with Gasteiger partial charge < -0.3 is 5.32 Å². The van der Waals surface area contributed by atoms with Gasteiger partial charge in [0.15, 0.2) is 0 Å². The summed E-state index contributed by atoms with van der Waals surface area (Å²) in [4.78, 5) is 15.4. The van der Waals surface area contributed by atoms with Gasteiger partial charge in [-0.15, -0.1) is 0 Å². The van der Waals surface area contributed by atoms with Gasteiger partial charge >= 0.3 is 0 Å². The fourth-order valence-electron chi connectivity index (χ4n) is 3.96. The van der Waals surface area contributed by atoms with E-state index in [2.05, 4.69) is 61.2 Å². The molecule has 1 aliphatic carbocycles. The minimum Gasteiger partial charge on any atom is -0.311 e. The highest BCUT2D eigenvalue weighted by atomic mass is 16.1. The van der Waals surface area contributed by atoms with Crippen molar-refractivity contribution in [1.29, 1.82) is 0 Å². The van der Waals surface area contributed by atoms with Crippen LogP contribution in [0.2, 0.25) is 0 Å². The average Bonchev–Trinajstić information content (AvgIpc) is 2.69. The molecular formula is C20H26N4O. The minimum atomic E-state index is -0.132. The molecule has 5 nitrogen and oxygen atoms in total. The van der Waals surface area contributed by atoms with Crippen molar-refractivity contribution in [1.82, 2.24) is 15.2 Å². The van der Waals surface area contributed by atoms with Crippen molar-refractivity contribution in [2.45, 2.75) is 59.3 Å². The standard InChI is InChI=1S/C20H26N4O/c1-7-15-14-10-16(13-8-9-17(21-11-13)22-12(2)25)23-24-18(14)20(5,6)19(15,3)4/h8-11,15H,7H2,1-6H3,(H,21,22,25)/t15-/m0/s1. The van der Waals surface area contributed by atoms with Crippen LogP contribution in [0.4, 0.5) is 5.82 Å². The molecule has 0 aliphatic heterocycles. The molecule has 1 aliphatic rings. The van der Waals surface area contributed by atoms with Gasteiger partial charge in [0, 0.05) is 24.1 Å². The van der Waals surface area contributed by atoms with Crippen molar-refractivity contribution in [2.24, 2.45) is 5.41 Å². The summed E-state index contributed by atoms with van der Waals surface area (Å²) in [5, 5.41) is 11.7. The number of nitrogens with zero attached hydrogens (tertiary/aromatic N) is 3. The summed E-state index contributed by atoms with van der Waals surface area (Å²) in [6.45, 7) is 12.9. The van der Waals surface area contributed by atoms with Gasteiger partial charge in [-0.05, 0) is 41.5 Å². The normalized spacial score (nSPS) is 20.2. The Balaban J connectivity index is 2.01. The number of hydrogen-bond donors (Lipinski definition) is 1. The summed E-state index contributed by atoms with van der Waals surface area (Å²) < 4.78 is 0. The molecule has 5 heteroatoms. The number of pyridine rings is 1. The molecule has 0 unspecified atom stereocenters. The third-order valence-corrected chi connectivity index (χ3v) is 6.04. The zero-order valence-corrected chi connectivity index (χ0v) is 15.8. The Kier molecular flexibility index (Phi) is 4.13. The predicted octanol–water partition coefficient (Wildman–Crippen LogP) is 4.31. The van der Waals surface area contributed by atoms with E-state index in [1.54, 1.807) is 12.3 Å². The van der Waals surface area contributed by atoms with Gasteiger partial charge in [-0.1, -0.05) is 34.6 Å². The Morgan fingerprint density at radius 2 is 1.92 bits per heavy atom. The second-order valence-electron chi connectivity index (χ2n) is 7.95. The van der Waals surface area contributed by atoms with Crippen LogP contribution in [-0.2, 0) is 10.2 Å². The Morgan fingerprint density at radius 1 is 1.20 bits per heavy atom. The summed E-state index contributed by atoms with van der Waals surface area (Å²) in [5.41, 5.74) is 4.26. The second-order valence-corrected chi connectivity index (χ2v) is 7.95. The van der Waals surface area contributed by atoms with E-state index >= 15 is 0 Å². The maximum Gasteiger partial charge on any atom is 0.222 e. The zero-order valence-electron chi connectivity index (χ0n) is 15.8. The lowest BCUT2D eigenvalue weighted by Crippen LogP contribution is -2.35. The molecule has 0 radical (unpaired) electrons. The molecule has 1 atom stereocenters. The summed E-state index contributed by atoms with van der Waals surface area (Å²) >= 11 is 0. The van der Waals surface area contributed by atoms with Crippen molar-refractivity contribution < 1.29 is 4.79 Å². The van der Waals surface area contributed by atoms with Crippen LogP contribution in [0.1, 0.15) is 65.1 Å². The first-order valence-electron chi connectivity index (χ1n) is 8.80. The van der Waals surface area contributed by atoms with E-state index in [1.165, 1.54) is 12.5 Å². The molecule has 1 amide bonds. The zero-order chi connectivity index (χ0) is 18.4. The van der Waals surface area contributed by atoms with E-state index in [4.69, 9.17) is 0 Å². The van der Waals surface area contributed by atoms with Crippen molar-refractivity contribution in [3.63, 3.8) is 0 Å². The lowest BCUT2D eigenvalue weighted by atomic mass is 9.65. The largest absolute Gasteiger partial charge is 0.311 e. The third kappa shape index (κ3) is 2.71. The number of carbonyl (C=O) groups excluding carboxylic acids is 1. The van der Waals surface area contributed by atoms with Crippen LogP contribution < -0.4 is 5.32 Å². The third-order valence-electron chi connectivity index (χ3n) is 6.04. The maximum absolute atomic E-state index is 11.1. The first-order valence-corrected chi connectivity index (χ1v) is 8.80. The highest BCUT2D eigenvalue weighted by Gasteiger charge is 2.52. The van der Waals surface area contributed by atoms with Gasteiger partial charge in [-0.2, -0.15) is 10.2 Å².